The van der Waals surface area contributed by atoms with Crippen LogP contribution in [0.15, 0.2) is 5.38 Å². The van der Waals surface area contributed by atoms with Gasteiger partial charge in [0.15, 0.2) is 6.29 Å². The van der Waals surface area contributed by atoms with Crippen LogP contribution in [0.2, 0.25) is 0 Å². The summed E-state index contributed by atoms with van der Waals surface area (Å²) in [6, 6.07) is 0. The van der Waals surface area contributed by atoms with Crippen LogP contribution in [0.5, 0.6) is 0 Å². The molecule has 0 N–H and O–H groups in total. The van der Waals surface area contributed by atoms with E-state index < -0.39 is 0 Å². The van der Waals surface area contributed by atoms with Gasteiger partial charge in [0.2, 0.25) is 0 Å². The van der Waals surface area contributed by atoms with Crippen molar-refractivity contribution in [2.24, 2.45) is 0 Å². The molecule has 0 bridgehead atoms. The fraction of sp³-hybridized carbons (Fsp3) is 0.593. The molecule has 0 aromatic carbocycles. The molecule has 0 saturated heterocycles. The van der Waals surface area contributed by atoms with Gasteiger partial charge in [0.25, 0.3) is 0 Å². The average molecular weight is 445 g/mol. The molecule has 1 nitrogen and oxygen atoms in total. The van der Waals surface area contributed by atoms with Crippen molar-refractivity contribution in [1.29, 1.82) is 0 Å². The lowest BCUT2D eigenvalue weighted by Crippen LogP contribution is -1.95. The molecule has 0 fully saturated rings. The van der Waals surface area contributed by atoms with E-state index >= 15 is 0 Å². The molecule has 0 atom stereocenters. The Morgan fingerprint density at radius 2 is 1.17 bits per heavy atom. The third kappa shape index (κ3) is 6.92. The third-order valence-electron chi connectivity index (χ3n) is 5.83. The Morgan fingerprint density at radius 3 is 1.73 bits per heavy atom. The van der Waals surface area contributed by atoms with E-state index in [9.17, 15) is 4.79 Å². The van der Waals surface area contributed by atoms with E-state index in [0.717, 1.165) is 30.4 Å². The number of aldehydes is 1. The largest absolute Gasteiger partial charge is 0.297 e. The van der Waals surface area contributed by atoms with Gasteiger partial charge in [-0.2, -0.15) is 0 Å². The van der Waals surface area contributed by atoms with Gasteiger partial charge in [0.1, 0.15) is 0 Å². The zero-order valence-electron chi connectivity index (χ0n) is 19.5. The molecule has 0 unspecified atom stereocenters. The SMILES string of the molecule is CCCCc1csc(/C=C\c2sc(C=O)c(CCCC)c2CCCC)c1CCCC. The Hall–Kier alpha value is -1.19. The second kappa shape index (κ2) is 14.0. The number of rotatable bonds is 15. The number of unbranched alkanes of at least 4 members (excludes halogenated alkanes) is 4. The van der Waals surface area contributed by atoms with Crippen LogP contribution in [0.1, 0.15) is 121 Å². The van der Waals surface area contributed by atoms with Crippen molar-refractivity contribution in [3.05, 3.63) is 42.3 Å². The highest BCUT2D eigenvalue weighted by atomic mass is 32.1. The smallest absolute Gasteiger partial charge is 0.160 e. The summed E-state index contributed by atoms with van der Waals surface area (Å²) in [6.45, 7) is 9.02. The summed E-state index contributed by atoms with van der Waals surface area (Å²) in [7, 11) is 0. The van der Waals surface area contributed by atoms with Gasteiger partial charge in [-0.25, -0.2) is 0 Å². The van der Waals surface area contributed by atoms with E-state index in [1.54, 1.807) is 22.5 Å². The van der Waals surface area contributed by atoms with Crippen molar-refractivity contribution in [3.8, 4) is 0 Å². The van der Waals surface area contributed by atoms with Gasteiger partial charge < -0.3 is 0 Å². The third-order valence-corrected chi connectivity index (χ3v) is 8.03. The van der Waals surface area contributed by atoms with Gasteiger partial charge in [-0.05, 0) is 91.2 Å². The first-order valence-corrected chi connectivity index (χ1v) is 13.8. The topological polar surface area (TPSA) is 17.1 Å². The van der Waals surface area contributed by atoms with Crippen LogP contribution in [0, 0.1) is 0 Å². The van der Waals surface area contributed by atoms with Crippen molar-refractivity contribution in [2.45, 2.75) is 105 Å². The minimum absolute atomic E-state index is 0.954. The van der Waals surface area contributed by atoms with Crippen molar-refractivity contribution < 1.29 is 4.79 Å². The molecule has 0 aliphatic rings. The maximum Gasteiger partial charge on any atom is 0.160 e. The van der Waals surface area contributed by atoms with Crippen molar-refractivity contribution in [3.63, 3.8) is 0 Å². The number of hydrogen-bond donors (Lipinski definition) is 0. The Labute approximate surface area is 192 Å². The zero-order chi connectivity index (χ0) is 21.8. The van der Waals surface area contributed by atoms with Gasteiger partial charge in [0, 0.05) is 9.75 Å². The normalized spacial score (nSPS) is 11.6. The molecule has 0 spiro atoms. The van der Waals surface area contributed by atoms with Crippen LogP contribution >= 0.6 is 22.7 Å². The first-order chi connectivity index (χ1) is 14.7. The molecule has 0 saturated carbocycles. The molecule has 0 aliphatic carbocycles. The summed E-state index contributed by atoms with van der Waals surface area (Å²) >= 11 is 3.60. The van der Waals surface area contributed by atoms with Gasteiger partial charge >= 0.3 is 0 Å². The molecule has 0 amide bonds. The molecule has 0 aliphatic heterocycles. The summed E-state index contributed by atoms with van der Waals surface area (Å²) in [5.41, 5.74) is 5.89. The Balaban J connectivity index is 2.36. The van der Waals surface area contributed by atoms with Crippen LogP contribution < -0.4 is 0 Å². The fourth-order valence-corrected chi connectivity index (χ4v) is 6.13. The Kier molecular flexibility index (Phi) is 11.7. The van der Waals surface area contributed by atoms with Gasteiger partial charge in [-0.15, -0.1) is 22.7 Å². The molecular weight excluding hydrogens is 404 g/mol. The summed E-state index contributed by atoms with van der Waals surface area (Å²) in [5, 5.41) is 2.39. The molecule has 2 aromatic heterocycles. The standard InChI is InChI=1S/C27H40OS2/c1-5-9-13-21-20-29-25(22(21)14-10-6-2)17-18-26-23(15-11-7-3)24(16-12-8-4)27(19-28)30-26/h17-20H,5-16H2,1-4H3/b18-17-. The molecule has 3 heteroatoms. The van der Waals surface area contributed by atoms with Gasteiger partial charge in [-0.1, -0.05) is 53.4 Å². The predicted molar refractivity (Wildman–Crippen MR) is 137 cm³/mol. The average Bonchev–Trinajstić information content (AvgIpc) is 3.31. The number of thiophene rings is 2. The monoisotopic (exact) mass is 444 g/mol. The fourth-order valence-electron chi connectivity index (χ4n) is 3.96. The van der Waals surface area contributed by atoms with Crippen molar-refractivity contribution in [2.75, 3.05) is 0 Å². The molecule has 0 radical (unpaired) electrons. The van der Waals surface area contributed by atoms with Gasteiger partial charge in [0.05, 0.1) is 4.88 Å². The summed E-state index contributed by atoms with van der Waals surface area (Å²) in [4.78, 5) is 15.5. The van der Waals surface area contributed by atoms with Crippen LogP contribution in [0.3, 0.4) is 0 Å². The second-order valence-corrected chi connectivity index (χ2v) is 10.3. The second-order valence-electron chi connectivity index (χ2n) is 8.26. The van der Waals surface area contributed by atoms with Crippen LogP contribution in [-0.2, 0) is 25.7 Å². The van der Waals surface area contributed by atoms with E-state index in [1.807, 2.05) is 11.3 Å². The maximum absolute atomic E-state index is 11.8. The van der Waals surface area contributed by atoms with Crippen molar-refractivity contribution >= 4 is 41.1 Å². The maximum atomic E-state index is 11.8. The first kappa shape index (κ1) is 25.1. The van der Waals surface area contributed by atoms with E-state index in [-0.39, 0.29) is 0 Å². The molecule has 166 valence electrons. The highest BCUT2D eigenvalue weighted by molar-refractivity contribution is 7.15. The van der Waals surface area contributed by atoms with Crippen LogP contribution in [-0.4, -0.2) is 6.29 Å². The molecule has 30 heavy (non-hydrogen) atoms. The quantitative estimate of drug-likeness (QED) is 0.250. The lowest BCUT2D eigenvalue weighted by molar-refractivity contribution is 0.112. The lowest BCUT2D eigenvalue weighted by Gasteiger charge is -2.07. The number of hydrogen-bond acceptors (Lipinski definition) is 3. The molecular formula is C27H40OS2. The highest BCUT2D eigenvalue weighted by Crippen LogP contribution is 2.34. The molecule has 2 heterocycles. The summed E-state index contributed by atoms with van der Waals surface area (Å²) in [5.74, 6) is 0. The minimum Gasteiger partial charge on any atom is -0.297 e. The molecule has 2 aromatic rings. The Bertz CT molecular complexity index is 794. The first-order valence-electron chi connectivity index (χ1n) is 12.1. The summed E-state index contributed by atoms with van der Waals surface area (Å²) < 4.78 is 0. The number of aryl methyl sites for hydroxylation is 1. The number of carbonyl (C=O) groups is 1. The minimum atomic E-state index is 0.954. The van der Waals surface area contributed by atoms with E-state index in [2.05, 4.69) is 45.2 Å². The predicted octanol–water partition coefficient (Wildman–Crippen LogP) is 9.16. The van der Waals surface area contributed by atoms with E-state index in [0.29, 0.717) is 0 Å². The molecule has 2 rings (SSSR count). The zero-order valence-corrected chi connectivity index (χ0v) is 21.2. The van der Waals surface area contributed by atoms with Crippen LogP contribution in [0.25, 0.3) is 12.2 Å². The van der Waals surface area contributed by atoms with Crippen LogP contribution in [0.4, 0.5) is 0 Å². The van der Waals surface area contributed by atoms with E-state index in [4.69, 9.17) is 0 Å². The number of carbonyl (C=O) groups excluding carboxylic acids is 1. The lowest BCUT2D eigenvalue weighted by atomic mass is 9.97. The highest BCUT2D eigenvalue weighted by Gasteiger charge is 2.16. The van der Waals surface area contributed by atoms with Gasteiger partial charge in [-0.3, -0.25) is 4.79 Å². The summed E-state index contributed by atoms with van der Waals surface area (Å²) in [6.07, 6.45) is 20.0. The van der Waals surface area contributed by atoms with E-state index in [1.165, 1.54) is 78.7 Å². The Morgan fingerprint density at radius 1 is 0.667 bits per heavy atom. The van der Waals surface area contributed by atoms with Crippen molar-refractivity contribution in [1.82, 2.24) is 0 Å².